The number of nitrogens with zero attached hydrogens (tertiary/aromatic N) is 3. The van der Waals surface area contributed by atoms with Gasteiger partial charge >= 0.3 is 0 Å². The fourth-order valence-corrected chi connectivity index (χ4v) is 2.98. The molecule has 6 nitrogen and oxygen atoms in total. The summed E-state index contributed by atoms with van der Waals surface area (Å²) in [6, 6.07) is 5.65. The molecule has 2 aromatic rings. The van der Waals surface area contributed by atoms with E-state index in [1.807, 2.05) is 13.1 Å². The van der Waals surface area contributed by atoms with Gasteiger partial charge in [-0.05, 0) is 49.6 Å². The van der Waals surface area contributed by atoms with E-state index < -0.39 is 5.60 Å². The highest BCUT2D eigenvalue weighted by atomic mass is 19.1. The minimum absolute atomic E-state index is 0.0588. The molecule has 1 fully saturated rings. The molecule has 1 atom stereocenters. The lowest BCUT2D eigenvalue weighted by Crippen LogP contribution is -2.53. The zero-order valence-corrected chi connectivity index (χ0v) is 14.2. The predicted octanol–water partition coefficient (Wildman–Crippen LogP) is 1.76. The highest BCUT2D eigenvalue weighted by molar-refractivity contribution is 5.76. The first-order valence-electron chi connectivity index (χ1n) is 8.31. The number of carbonyl (C=O) groups excluding carboxylic acids is 1. The van der Waals surface area contributed by atoms with Gasteiger partial charge in [0, 0.05) is 12.7 Å². The number of β-amino-alcohol motifs (C(OH)–C–C–N with tert-alkyl or cyclic N) is 1. The maximum Gasteiger partial charge on any atom is 0.244 e. The van der Waals surface area contributed by atoms with E-state index >= 15 is 0 Å². The number of carbonyl (C=O) groups is 1. The number of amides is 1. The molecule has 1 aliphatic rings. The third-order valence-electron chi connectivity index (χ3n) is 4.29. The van der Waals surface area contributed by atoms with Gasteiger partial charge < -0.3 is 14.7 Å². The Bertz CT molecular complexity index is 731. The third kappa shape index (κ3) is 4.57. The summed E-state index contributed by atoms with van der Waals surface area (Å²) in [5.41, 5.74) is -0.113. The van der Waals surface area contributed by atoms with Gasteiger partial charge in [0.2, 0.25) is 5.91 Å². The van der Waals surface area contributed by atoms with Crippen LogP contribution in [-0.2, 0) is 11.3 Å². The van der Waals surface area contributed by atoms with Crippen molar-refractivity contribution in [3.8, 4) is 5.75 Å². The molecule has 1 unspecified atom stereocenters. The minimum Gasteiger partial charge on any atom is -0.491 e. The Balaban J connectivity index is 1.57. The SMILES string of the molecule is Cc1cnn(CC(=O)N2CCCC(O)(COc3ccc(F)cc3)C2)c1. The van der Waals surface area contributed by atoms with Crippen molar-refractivity contribution in [2.24, 2.45) is 0 Å². The van der Waals surface area contributed by atoms with Crippen molar-refractivity contribution < 1.29 is 19.0 Å². The van der Waals surface area contributed by atoms with Crippen LogP contribution in [0.25, 0.3) is 0 Å². The van der Waals surface area contributed by atoms with Crippen molar-refractivity contribution in [2.75, 3.05) is 19.7 Å². The second kappa shape index (κ2) is 7.23. The lowest BCUT2D eigenvalue weighted by Gasteiger charge is -2.38. The van der Waals surface area contributed by atoms with Crippen LogP contribution in [0.5, 0.6) is 5.75 Å². The molecule has 0 radical (unpaired) electrons. The molecule has 134 valence electrons. The van der Waals surface area contributed by atoms with Crippen LogP contribution in [0, 0.1) is 12.7 Å². The Kier molecular flexibility index (Phi) is 5.03. The summed E-state index contributed by atoms with van der Waals surface area (Å²) >= 11 is 0. The lowest BCUT2D eigenvalue weighted by atomic mass is 9.93. The maximum atomic E-state index is 12.9. The molecule has 1 amide bonds. The van der Waals surface area contributed by atoms with Crippen molar-refractivity contribution >= 4 is 5.91 Å². The Hall–Kier alpha value is -2.41. The van der Waals surface area contributed by atoms with Crippen LogP contribution >= 0.6 is 0 Å². The molecule has 1 aromatic carbocycles. The fourth-order valence-electron chi connectivity index (χ4n) is 2.98. The van der Waals surface area contributed by atoms with Crippen LogP contribution in [0.1, 0.15) is 18.4 Å². The van der Waals surface area contributed by atoms with Gasteiger partial charge in [0.15, 0.2) is 0 Å². The molecule has 3 rings (SSSR count). The number of hydrogen-bond acceptors (Lipinski definition) is 4. The van der Waals surface area contributed by atoms with Crippen LogP contribution in [0.2, 0.25) is 0 Å². The van der Waals surface area contributed by atoms with E-state index in [1.165, 1.54) is 24.3 Å². The quantitative estimate of drug-likeness (QED) is 0.895. The number of hydrogen-bond donors (Lipinski definition) is 1. The first-order valence-corrected chi connectivity index (χ1v) is 8.31. The van der Waals surface area contributed by atoms with Crippen molar-refractivity contribution in [3.05, 3.63) is 48.0 Å². The maximum absolute atomic E-state index is 12.9. The molecule has 2 heterocycles. The second-order valence-corrected chi connectivity index (χ2v) is 6.60. The van der Waals surface area contributed by atoms with Gasteiger partial charge in [0.05, 0.1) is 12.7 Å². The van der Waals surface area contributed by atoms with Crippen molar-refractivity contribution in [2.45, 2.75) is 31.9 Å². The molecule has 0 aliphatic carbocycles. The number of aliphatic hydroxyl groups is 1. The molecule has 1 aromatic heterocycles. The summed E-state index contributed by atoms with van der Waals surface area (Å²) in [5, 5.41) is 14.9. The molecule has 1 aliphatic heterocycles. The zero-order valence-electron chi connectivity index (χ0n) is 14.2. The standard InChI is InChI=1S/C18H22FN3O3/c1-14-9-20-22(10-14)11-17(23)21-8-2-7-18(24,12-21)13-25-16-5-3-15(19)4-6-16/h3-6,9-10,24H,2,7-8,11-13H2,1H3. The first kappa shape index (κ1) is 17.4. The zero-order chi connectivity index (χ0) is 17.9. The molecule has 0 spiro atoms. The van der Waals surface area contributed by atoms with Gasteiger partial charge in [-0.3, -0.25) is 9.48 Å². The largest absolute Gasteiger partial charge is 0.491 e. The van der Waals surface area contributed by atoms with Crippen LogP contribution in [0.4, 0.5) is 4.39 Å². The Labute approximate surface area is 145 Å². The number of ether oxygens (including phenoxy) is 1. The Morgan fingerprint density at radius 3 is 2.84 bits per heavy atom. The van der Waals surface area contributed by atoms with Gasteiger partial charge in [-0.1, -0.05) is 0 Å². The minimum atomic E-state index is -1.11. The van der Waals surface area contributed by atoms with Gasteiger partial charge in [-0.2, -0.15) is 5.10 Å². The van der Waals surface area contributed by atoms with Gasteiger partial charge in [-0.25, -0.2) is 4.39 Å². The Morgan fingerprint density at radius 1 is 1.40 bits per heavy atom. The molecular formula is C18H22FN3O3. The van der Waals surface area contributed by atoms with Gasteiger partial charge in [0.1, 0.15) is 30.3 Å². The molecule has 7 heteroatoms. The monoisotopic (exact) mass is 347 g/mol. The lowest BCUT2D eigenvalue weighted by molar-refractivity contribution is -0.140. The van der Waals surface area contributed by atoms with E-state index in [9.17, 15) is 14.3 Å². The molecular weight excluding hydrogens is 325 g/mol. The molecule has 0 bridgehead atoms. The highest BCUT2D eigenvalue weighted by Gasteiger charge is 2.36. The molecule has 25 heavy (non-hydrogen) atoms. The van der Waals surface area contributed by atoms with E-state index in [1.54, 1.807) is 15.8 Å². The molecule has 1 N–H and O–H groups in total. The van der Waals surface area contributed by atoms with Gasteiger partial charge in [-0.15, -0.1) is 0 Å². The second-order valence-electron chi connectivity index (χ2n) is 6.60. The first-order chi connectivity index (χ1) is 11.9. The fraction of sp³-hybridized carbons (Fsp3) is 0.444. The van der Waals surface area contributed by atoms with Gasteiger partial charge in [0.25, 0.3) is 0 Å². The number of halogens is 1. The predicted molar refractivity (Wildman–Crippen MR) is 89.6 cm³/mol. The molecule has 1 saturated heterocycles. The van der Waals surface area contributed by atoms with Crippen LogP contribution in [0.3, 0.4) is 0 Å². The number of rotatable bonds is 5. The van der Waals surface area contributed by atoms with E-state index in [0.29, 0.717) is 25.1 Å². The summed E-state index contributed by atoms with van der Waals surface area (Å²) in [7, 11) is 0. The van der Waals surface area contributed by atoms with Crippen LogP contribution in [0.15, 0.2) is 36.7 Å². The smallest absolute Gasteiger partial charge is 0.244 e. The van der Waals surface area contributed by atoms with E-state index in [2.05, 4.69) is 5.10 Å². The van der Waals surface area contributed by atoms with E-state index in [4.69, 9.17) is 4.74 Å². The van der Waals surface area contributed by atoms with Crippen molar-refractivity contribution in [3.63, 3.8) is 0 Å². The number of aryl methyl sites for hydroxylation is 1. The Morgan fingerprint density at radius 2 is 2.16 bits per heavy atom. The molecule has 0 saturated carbocycles. The van der Waals surface area contributed by atoms with Crippen molar-refractivity contribution in [1.29, 1.82) is 0 Å². The number of aromatic nitrogens is 2. The number of benzene rings is 1. The summed E-state index contributed by atoms with van der Waals surface area (Å²) in [6.07, 6.45) is 4.77. The topological polar surface area (TPSA) is 67.6 Å². The number of piperidine rings is 1. The number of likely N-dealkylation sites (tertiary alicyclic amines) is 1. The average Bonchev–Trinajstić information content (AvgIpc) is 2.99. The summed E-state index contributed by atoms with van der Waals surface area (Å²) in [6.45, 7) is 2.96. The van der Waals surface area contributed by atoms with E-state index in [-0.39, 0.29) is 31.4 Å². The van der Waals surface area contributed by atoms with Crippen LogP contribution < -0.4 is 4.74 Å². The van der Waals surface area contributed by atoms with Crippen LogP contribution in [-0.4, -0.2) is 51.0 Å². The van der Waals surface area contributed by atoms with E-state index in [0.717, 1.165) is 5.56 Å². The average molecular weight is 347 g/mol. The highest BCUT2D eigenvalue weighted by Crippen LogP contribution is 2.23. The summed E-state index contributed by atoms with van der Waals surface area (Å²) in [4.78, 5) is 14.1. The summed E-state index contributed by atoms with van der Waals surface area (Å²) < 4.78 is 20.1. The third-order valence-corrected chi connectivity index (χ3v) is 4.29. The normalized spacial score (nSPS) is 20.5. The summed E-state index contributed by atoms with van der Waals surface area (Å²) in [5.74, 6) is 0.0719. The van der Waals surface area contributed by atoms with Crippen molar-refractivity contribution in [1.82, 2.24) is 14.7 Å².